The third-order valence-electron chi connectivity index (χ3n) is 2.56. The second kappa shape index (κ2) is 4.18. The van der Waals surface area contributed by atoms with E-state index >= 15 is 0 Å². The largest absolute Gasteiger partial charge is 0.357 e. The number of hydrogen-bond acceptors (Lipinski definition) is 3. The minimum Gasteiger partial charge on any atom is -0.357 e. The molecule has 0 spiro atoms. The molecule has 1 N–H and O–H groups in total. The van der Waals surface area contributed by atoms with E-state index in [0.717, 1.165) is 16.7 Å². The third kappa shape index (κ3) is 1.97. The number of anilines is 1. The molecular formula is C10H12BrN3O. The van der Waals surface area contributed by atoms with E-state index in [1.165, 1.54) is 0 Å². The van der Waals surface area contributed by atoms with Crippen LogP contribution in [-0.4, -0.2) is 30.0 Å². The van der Waals surface area contributed by atoms with Gasteiger partial charge in [0, 0.05) is 25.5 Å². The van der Waals surface area contributed by atoms with Crippen molar-refractivity contribution in [2.24, 2.45) is 0 Å². The molecule has 0 saturated carbocycles. The molecule has 1 fully saturated rings. The Morgan fingerprint density at radius 3 is 3.20 bits per heavy atom. The molecule has 2 heterocycles. The highest BCUT2D eigenvalue weighted by atomic mass is 79.9. The molecule has 0 radical (unpaired) electrons. The fourth-order valence-corrected chi connectivity index (χ4v) is 2.19. The van der Waals surface area contributed by atoms with Gasteiger partial charge in [0.1, 0.15) is 6.04 Å². The van der Waals surface area contributed by atoms with Gasteiger partial charge in [0.15, 0.2) is 0 Å². The van der Waals surface area contributed by atoms with Gasteiger partial charge in [0.2, 0.25) is 5.91 Å². The van der Waals surface area contributed by atoms with Crippen molar-refractivity contribution in [1.29, 1.82) is 0 Å². The Morgan fingerprint density at radius 2 is 2.47 bits per heavy atom. The highest BCUT2D eigenvalue weighted by Crippen LogP contribution is 2.26. The molecule has 1 aliphatic rings. The van der Waals surface area contributed by atoms with Crippen molar-refractivity contribution < 1.29 is 4.79 Å². The van der Waals surface area contributed by atoms with Crippen LogP contribution in [-0.2, 0) is 4.79 Å². The van der Waals surface area contributed by atoms with Gasteiger partial charge < -0.3 is 10.2 Å². The number of pyridine rings is 1. The van der Waals surface area contributed by atoms with Crippen LogP contribution in [0.4, 0.5) is 5.69 Å². The number of hydrogen-bond donors (Lipinski definition) is 1. The molecule has 0 bridgehead atoms. The van der Waals surface area contributed by atoms with Crippen molar-refractivity contribution in [3.8, 4) is 0 Å². The summed E-state index contributed by atoms with van der Waals surface area (Å²) in [5.74, 6) is 0.0740. The Kier molecular flexibility index (Phi) is 2.90. The molecular weight excluding hydrogens is 258 g/mol. The third-order valence-corrected chi connectivity index (χ3v) is 3.17. The van der Waals surface area contributed by atoms with Gasteiger partial charge >= 0.3 is 0 Å². The van der Waals surface area contributed by atoms with Crippen LogP contribution < -0.4 is 10.2 Å². The van der Waals surface area contributed by atoms with Gasteiger partial charge in [0.05, 0.1) is 10.2 Å². The van der Waals surface area contributed by atoms with Crippen LogP contribution in [0.3, 0.4) is 0 Å². The second-order valence-corrected chi connectivity index (χ2v) is 4.34. The molecule has 1 unspecified atom stereocenters. The zero-order chi connectivity index (χ0) is 10.8. The van der Waals surface area contributed by atoms with Gasteiger partial charge in [0.25, 0.3) is 0 Å². The first-order valence-electron chi connectivity index (χ1n) is 4.84. The van der Waals surface area contributed by atoms with E-state index in [9.17, 15) is 4.79 Å². The van der Waals surface area contributed by atoms with Gasteiger partial charge in [-0.25, -0.2) is 0 Å². The Morgan fingerprint density at radius 1 is 1.67 bits per heavy atom. The summed E-state index contributed by atoms with van der Waals surface area (Å²) in [5, 5.41) is 2.84. The molecule has 1 aromatic heterocycles. The fourth-order valence-electron chi connectivity index (χ4n) is 1.71. The molecule has 0 aliphatic carbocycles. The zero-order valence-electron chi connectivity index (χ0n) is 8.40. The topological polar surface area (TPSA) is 45.2 Å². The van der Waals surface area contributed by atoms with Crippen LogP contribution >= 0.6 is 15.9 Å². The van der Waals surface area contributed by atoms with Crippen molar-refractivity contribution in [1.82, 2.24) is 10.3 Å². The SMILES string of the molecule is CC1C(=O)NCCN1c1ccncc1Br. The maximum Gasteiger partial charge on any atom is 0.242 e. The lowest BCUT2D eigenvalue weighted by molar-refractivity contribution is -0.122. The first kappa shape index (κ1) is 10.4. The van der Waals surface area contributed by atoms with E-state index in [2.05, 4.69) is 31.1 Å². The van der Waals surface area contributed by atoms with Crippen LogP contribution in [0.25, 0.3) is 0 Å². The number of piperazine rings is 1. The predicted octanol–water partition coefficient (Wildman–Crippen LogP) is 1.17. The van der Waals surface area contributed by atoms with Crippen molar-refractivity contribution in [2.75, 3.05) is 18.0 Å². The number of carbonyl (C=O) groups is 1. The van der Waals surface area contributed by atoms with Gasteiger partial charge in [-0.2, -0.15) is 0 Å². The normalized spacial score (nSPS) is 21.3. The Balaban J connectivity index is 2.30. The molecule has 1 atom stereocenters. The average Bonchev–Trinajstić information content (AvgIpc) is 2.23. The second-order valence-electron chi connectivity index (χ2n) is 3.49. The van der Waals surface area contributed by atoms with E-state index < -0.39 is 0 Å². The number of aromatic nitrogens is 1. The van der Waals surface area contributed by atoms with E-state index in [-0.39, 0.29) is 11.9 Å². The standard InChI is InChI=1S/C10H12BrN3O/c1-7-10(15)13-4-5-14(7)9-2-3-12-6-8(9)11/h2-3,6-7H,4-5H2,1H3,(H,13,15). The molecule has 0 aromatic carbocycles. The summed E-state index contributed by atoms with van der Waals surface area (Å²) in [6.07, 6.45) is 3.48. The first-order valence-corrected chi connectivity index (χ1v) is 5.63. The van der Waals surface area contributed by atoms with E-state index in [0.29, 0.717) is 6.54 Å². The van der Waals surface area contributed by atoms with Crippen LogP contribution in [0.15, 0.2) is 22.9 Å². The monoisotopic (exact) mass is 269 g/mol. The quantitative estimate of drug-likeness (QED) is 0.833. The van der Waals surface area contributed by atoms with E-state index in [1.54, 1.807) is 12.4 Å². The van der Waals surface area contributed by atoms with E-state index in [4.69, 9.17) is 0 Å². The number of nitrogens with zero attached hydrogens (tertiary/aromatic N) is 2. The fraction of sp³-hybridized carbons (Fsp3) is 0.400. The summed E-state index contributed by atoms with van der Waals surface area (Å²) in [4.78, 5) is 17.6. The summed E-state index contributed by atoms with van der Waals surface area (Å²) in [6, 6.07) is 1.79. The van der Waals surface area contributed by atoms with Crippen LogP contribution in [0.2, 0.25) is 0 Å². The van der Waals surface area contributed by atoms with E-state index in [1.807, 2.05) is 13.0 Å². The summed E-state index contributed by atoms with van der Waals surface area (Å²) in [7, 11) is 0. The molecule has 4 nitrogen and oxygen atoms in total. The number of carbonyl (C=O) groups excluding carboxylic acids is 1. The number of rotatable bonds is 1. The molecule has 1 aliphatic heterocycles. The average molecular weight is 270 g/mol. The smallest absolute Gasteiger partial charge is 0.242 e. The van der Waals surface area contributed by atoms with Gasteiger partial charge in [-0.1, -0.05) is 0 Å². The van der Waals surface area contributed by atoms with Gasteiger partial charge in [-0.15, -0.1) is 0 Å². The number of nitrogens with one attached hydrogen (secondary N) is 1. The highest BCUT2D eigenvalue weighted by Gasteiger charge is 2.26. The Bertz CT molecular complexity index is 383. The van der Waals surface area contributed by atoms with Crippen LogP contribution in [0.5, 0.6) is 0 Å². The minimum atomic E-state index is -0.127. The summed E-state index contributed by atoms with van der Waals surface area (Å²) in [6.45, 7) is 3.43. The number of halogens is 1. The maximum atomic E-state index is 11.5. The molecule has 1 aromatic rings. The Hall–Kier alpha value is -1.10. The highest BCUT2D eigenvalue weighted by molar-refractivity contribution is 9.10. The zero-order valence-corrected chi connectivity index (χ0v) is 9.99. The Labute approximate surface area is 96.8 Å². The lowest BCUT2D eigenvalue weighted by Gasteiger charge is -2.35. The maximum absolute atomic E-state index is 11.5. The lowest BCUT2D eigenvalue weighted by atomic mass is 10.2. The minimum absolute atomic E-state index is 0.0740. The van der Waals surface area contributed by atoms with Gasteiger partial charge in [-0.3, -0.25) is 9.78 Å². The van der Waals surface area contributed by atoms with Crippen molar-refractivity contribution in [2.45, 2.75) is 13.0 Å². The van der Waals surface area contributed by atoms with Crippen LogP contribution in [0, 0.1) is 0 Å². The predicted molar refractivity (Wildman–Crippen MR) is 61.8 cm³/mol. The lowest BCUT2D eigenvalue weighted by Crippen LogP contribution is -2.54. The first-order chi connectivity index (χ1) is 7.20. The van der Waals surface area contributed by atoms with Crippen molar-refractivity contribution in [3.05, 3.63) is 22.9 Å². The summed E-state index contributed by atoms with van der Waals surface area (Å²) < 4.78 is 0.923. The number of amides is 1. The molecule has 1 amide bonds. The van der Waals surface area contributed by atoms with Crippen LogP contribution in [0.1, 0.15) is 6.92 Å². The molecule has 2 rings (SSSR count). The summed E-state index contributed by atoms with van der Waals surface area (Å²) in [5.41, 5.74) is 1.02. The molecule has 80 valence electrons. The summed E-state index contributed by atoms with van der Waals surface area (Å²) >= 11 is 3.44. The van der Waals surface area contributed by atoms with Crippen molar-refractivity contribution in [3.63, 3.8) is 0 Å². The van der Waals surface area contributed by atoms with Crippen molar-refractivity contribution >= 4 is 27.5 Å². The molecule has 15 heavy (non-hydrogen) atoms. The molecule has 5 heteroatoms. The molecule has 1 saturated heterocycles. The van der Waals surface area contributed by atoms with Gasteiger partial charge in [-0.05, 0) is 28.9 Å².